The van der Waals surface area contributed by atoms with Crippen LogP contribution in [0.1, 0.15) is 63.3 Å². The Hall–Kier alpha value is -3.46. The maximum Gasteiger partial charge on any atom is 0.248 e. The number of hydrogen-bond donors (Lipinski definition) is 2. The minimum absolute atomic E-state index is 0.116. The number of amides is 2. The molecule has 1 aliphatic heterocycles. The smallest absolute Gasteiger partial charge is 0.248 e. The van der Waals surface area contributed by atoms with Gasteiger partial charge in [-0.05, 0) is 41.5 Å². The van der Waals surface area contributed by atoms with Crippen LogP contribution in [0.4, 0.5) is 0 Å². The second-order valence-electron chi connectivity index (χ2n) is 11.6. The molecule has 1 saturated heterocycles. The maximum atomic E-state index is 13.9. The van der Waals surface area contributed by atoms with Crippen molar-refractivity contribution in [2.24, 2.45) is 5.41 Å². The Morgan fingerprint density at radius 2 is 1.95 bits per heavy atom. The monoisotopic (exact) mass is 519 g/mol. The summed E-state index contributed by atoms with van der Waals surface area (Å²) in [5.41, 5.74) is 1.47. The normalized spacial score (nSPS) is 20.5. The first-order valence-corrected chi connectivity index (χ1v) is 13.4. The summed E-state index contributed by atoms with van der Waals surface area (Å²) < 4.78 is 7.22. The lowest BCUT2D eigenvalue weighted by Gasteiger charge is -2.34. The molecule has 2 heterocycles. The van der Waals surface area contributed by atoms with Crippen LogP contribution in [-0.2, 0) is 16.0 Å². The van der Waals surface area contributed by atoms with Crippen molar-refractivity contribution >= 4 is 22.6 Å². The third-order valence-electron chi connectivity index (χ3n) is 7.60. The summed E-state index contributed by atoms with van der Waals surface area (Å²) in [5.74, 6) is 0.709. The number of fused-ring (bicyclic) bond motifs is 1. The van der Waals surface area contributed by atoms with Crippen LogP contribution in [0.2, 0.25) is 0 Å². The molecule has 9 nitrogen and oxygen atoms in total. The predicted molar refractivity (Wildman–Crippen MR) is 144 cm³/mol. The van der Waals surface area contributed by atoms with Crippen LogP contribution >= 0.6 is 0 Å². The van der Waals surface area contributed by atoms with E-state index in [1.807, 2.05) is 57.3 Å². The number of nitrogens with one attached hydrogen (secondary N) is 1. The highest BCUT2D eigenvalue weighted by Crippen LogP contribution is 2.40. The van der Waals surface area contributed by atoms with E-state index >= 15 is 0 Å². The lowest BCUT2D eigenvalue weighted by atomic mass is 9.85. The second-order valence-corrected chi connectivity index (χ2v) is 11.6. The van der Waals surface area contributed by atoms with E-state index < -0.39 is 23.6 Å². The molecular formula is C29H37N5O4. The highest BCUT2D eigenvalue weighted by molar-refractivity contribution is 5.90. The van der Waals surface area contributed by atoms with Gasteiger partial charge < -0.3 is 20.1 Å². The average Bonchev–Trinajstić information content (AvgIpc) is 3.49. The molecule has 2 amide bonds. The zero-order chi connectivity index (χ0) is 27.0. The fourth-order valence-electron chi connectivity index (χ4n) is 5.52. The van der Waals surface area contributed by atoms with Crippen molar-refractivity contribution in [2.75, 3.05) is 20.2 Å². The van der Waals surface area contributed by atoms with Crippen LogP contribution in [0.5, 0.6) is 5.75 Å². The first-order chi connectivity index (χ1) is 18.2. The topological polar surface area (TPSA) is 110 Å². The van der Waals surface area contributed by atoms with Gasteiger partial charge in [0.1, 0.15) is 17.8 Å². The summed E-state index contributed by atoms with van der Waals surface area (Å²) in [6, 6.07) is 10.7. The van der Waals surface area contributed by atoms with E-state index in [1.54, 1.807) is 11.8 Å². The number of rotatable bonds is 8. The second kappa shape index (κ2) is 10.4. The largest absolute Gasteiger partial charge is 0.496 e. The SMILES string of the molecule is COc1ccc2ccccc2c1CCNC(=O)[C@@H]1C[C@@H](O)CN1C(=O)[C@@H](n1cc(C2CC2)nn1)C(C)(C)C. The highest BCUT2D eigenvalue weighted by atomic mass is 16.5. The summed E-state index contributed by atoms with van der Waals surface area (Å²) >= 11 is 0. The number of methoxy groups -OCH3 is 1. The lowest BCUT2D eigenvalue weighted by molar-refractivity contribution is -0.144. The van der Waals surface area contributed by atoms with Crippen molar-refractivity contribution in [1.82, 2.24) is 25.2 Å². The summed E-state index contributed by atoms with van der Waals surface area (Å²) in [4.78, 5) is 28.8. The fourth-order valence-corrected chi connectivity index (χ4v) is 5.52. The third-order valence-corrected chi connectivity index (χ3v) is 7.60. The van der Waals surface area contributed by atoms with Crippen LogP contribution in [0.25, 0.3) is 10.8 Å². The van der Waals surface area contributed by atoms with Gasteiger partial charge in [0.05, 0.1) is 18.9 Å². The molecule has 3 aromatic rings. The molecule has 0 unspecified atom stereocenters. The van der Waals surface area contributed by atoms with Crippen LogP contribution in [0.15, 0.2) is 42.6 Å². The van der Waals surface area contributed by atoms with Crippen molar-refractivity contribution in [2.45, 2.75) is 70.6 Å². The maximum absolute atomic E-state index is 13.9. The van der Waals surface area contributed by atoms with Gasteiger partial charge in [-0.1, -0.05) is 56.3 Å². The number of likely N-dealkylation sites (tertiary alicyclic amines) is 1. The molecule has 3 atom stereocenters. The zero-order valence-electron chi connectivity index (χ0n) is 22.6. The molecule has 38 heavy (non-hydrogen) atoms. The van der Waals surface area contributed by atoms with Crippen LogP contribution in [0.3, 0.4) is 0 Å². The molecule has 0 spiro atoms. The number of benzene rings is 2. The zero-order valence-corrected chi connectivity index (χ0v) is 22.6. The number of aliphatic hydroxyl groups excluding tert-OH is 1. The van der Waals surface area contributed by atoms with E-state index in [9.17, 15) is 14.7 Å². The molecule has 2 N–H and O–H groups in total. The van der Waals surface area contributed by atoms with Crippen LogP contribution in [-0.4, -0.2) is 69.2 Å². The Morgan fingerprint density at radius 1 is 1.18 bits per heavy atom. The minimum atomic E-state index is -0.758. The average molecular weight is 520 g/mol. The van der Waals surface area contributed by atoms with Gasteiger partial charge in [-0.25, -0.2) is 4.68 Å². The molecule has 2 aliphatic rings. The number of β-amino-alcohol motifs (C(OH)–C–C–N with tert-alkyl or cyclic N) is 1. The molecule has 0 radical (unpaired) electrons. The first-order valence-electron chi connectivity index (χ1n) is 13.4. The molecule has 1 saturated carbocycles. The van der Waals surface area contributed by atoms with Gasteiger partial charge in [-0.15, -0.1) is 5.10 Å². The summed E-state index contributed by atoms with van der Waals surface area (Å²) in [5, 5.41) is 24.3. The van der Waals surface area contributed by atoms with E-state index in [0.717, 1.165) is 40.6 Å². The highest BCUT2D eigenvalue weighted by Gasteiger charge is 2.45. The molecule has 2 aromatic carbocycles. The number of hydrogen-bond acceptors (Lipinski definition) is 6. The van der Waals surface area contributed by atoms with E-state index in [1.165, 1.54) is 4.90 Å². The van der Waals surface area contributed by atoms with E-state index in [2.05, 4.69) is 21.7 Å². The van der Waals surface area contributed by atoms with Gasteiger partial charge in [0.25, 0.3) is 0 Å². The van der Waals surface area contributed by atoms with Gasteiger partial charge in [-0.3, -0.25) is 9.59 Å². The lowest BCUT2D eigenvalue weighted by Crippen LogP contribution is -2.50. The first kappa shape index (κ1) is 26.2. The molecular weight excluding hydrogens is 482 g/mol. The number of carbonyl (C=O) groups excluding carboxylic acids is 2. The van der Waals surface area contributed by atoms with Gasteiger partial charge in [0, 0.05) is 37.2 Å². The molecule has 2 fully saturated rings. The van der Waals surface area contributed by atoms with E-state index in [4.69, 9.17) is 4.74 Å². The molecule has 5 rings (SSSR count). The van der Waals surface area contributed by atoms with Crippen molar-refractivity contribution in [3.63, 3.8) is 0 Å². The predicted octanol–water partition coefficient (Wildman–Crippen LogP) is 3.23. The van der Waals surface area contributed by atoms with Gasteiger partial charge in [0.15, 0.2) is 0 Å². The Labute approximate surface area is 223 Å². The van der Waals surface area contributed by atoms with Gasteiger partial charge in [-0.2, -0.15) is 0 Å². The van der Waals surface area contributed by atoms with Crippen LogP contribution in [0, 0.1) is 5.41 Å². The number of nitrogens with zero attached hydrogens (tertiary/aromatic N) is 4. The van der Waals surface area contributed by atoms with Gasteiger partial charge >= 0.3 is 0 Å². The fraction of sp³-hybridized carbons (Fsp3) is 0.517. The Morgan fingerprint density at radius 3 is 2.66 bits per heavy atom. The number of aliphatic hydroxyl groups is 1. The quantitative estimate of drug-likeness (QED) is 0.473. The molecule has 1 aromatic heterocycles. The standard InChI is InChI=1S/C29H37N5O4/c1-29(2,3)26(34-17-23(31-32-34)19-9-10-19)28(37)33-16-20(35)15-24(33)27(36)30-14-13-22-21-8-6-5-7-18(21)11-12-25(22)38-4/h5-8,11-12,17,19-20,24,26,35H,9-10,13-16H2,1-4H3,(H,30,36)/t20-,24+,26-/m1/s1. The number of aromatic nitrogens is 3. The number of ether oxygens (including phenoxy) is 1. The summed E-state index contributed by atoms with van der Waals surface area (Å²) in [6.07, 6.45) is 4.08. The number of carbonyl (C=O) groups is 2. The Kier molecular flexibility index (Phi) is 7.13. The van der Waals surface area contributed by atoms with Gasteiger partial charge in [0.2, 0.25) is 11.8 Å². The molecule has 9 heteroatoms. The van der Waals surface area contributed by atoms with Crippen molar-refractivity contribution in [3.8, 4) is 5.75 Å². The Bertz CT molecular complexity index is 1330. The van der Waals surface area contributed by atoms with Crippen LogP contribution < -0.4 is 10.1 Å². The summed E-state index contributed by atoms with van der Waals surface area (Å²) in [7, 11) is 1.64. The summed E-state index contributed by atoms with van der Waals surface area (Å²) in [6.45, 7) is 6.44. The molecule has 0 bridgehead atoms. The van der Waals surface area contributed by atoms with Crippen molar-refractivity contribution in [3.05, 3.63) is 53.9 Å². The molecule has 1 aliphatic carbocycles. The van der Waals surface area contributed by atoms with Crippen molar-refractivity contribution in [1.29, 1.82) is 0 Å². The third kappa shape index (κ3) is 5.25. The van der Waals surface area contributed by atoms with E-state index in [0.29, 0.717) is 18.9 Å². The van der Waals surface area contributed by atoms with Crippen molar-refractivity contribution < 1.29 is 19.4 Å². The van der Waals surface area contributed by atoms with E-state index in [-0.39, 0.29) is 24.8 Å². The Balaban J connectivity index is 1.30. The minimum Gasteiger partial charge on any atom is -0.496 e. The molecule has 202 valence electrons.